The second-order valence-electron chi connectivity index (χ2n) is 14.1. The summed E-state index contributed by atoms with van der Waals surface area (Å²) in [5, 5.41) is 21.2. The molecule has 1 aromatic carbocycles. The molecular weight excluding hydrogens is 496 g/mol. The highest BCUT2D eigenvalue weighted by molar-refractivity contribution is 5.49. The zero-order valence-electron chi connectivity index (χ0n) is 27.6. The van der Waals surface area contributed by atoms with E-state index in [0.717, 1.165) is 23.1 Å². The summed E-state index contributed by atoms with van der Waals surface area (Å²) in [6.45, 7) is 16.6. The van der Waals surface area contributed by atoms with Gasteiger partial charge in [-0.1, -0.05) is 145 Å². The largest absolute Gasteiger partial charge is 0.507 e. The van der Waals surface area contributed by atoms with Crippen LogP contribution in [-0.4, -0.2) is 36.1 Å². The van der Waals surface area contributed by atoms with E-state index in [4.69, 9.17) is 9.47 Å². The van der Waals surface area contributed by atoms with E-state index < -0.39 is 6.10 Å². The highest BCUT2D eigenvalue weighted by Gasteiger charge is 2.26. The third-order valence-electron chi connectivity index (χ3n) is 7.82. The molecule has 0 aliphatic carbocycles. The maximum absolute atomic E-state index is 10.9. The van der Waals surface area contributed by atoms with Crippen molar-refractivity contribution in [1.82, 2.24) is 0 Å². The van der Waals surface area contributed by atoms with Gasteiger partial charge >= 0.3 is 0 Å². The van der Waals surface area contributed by atoms with Gasteiger partial charge in [-0.2, -0.15) is 0 Å². The molecule has 0 radical (unpaired) electrons. The van der Waals surface area contributed by atoms with Crippen LogP contribution >= 0.6 is 0 Å². The van der Waals surface area contributed by atoms with Crippen LogP contribution in [0.1, 0.15) is 168 Å². The fraction of sp³-hybridized carbons (Fsp3) is 0.833. The fourth-order valence-electron chi connectivity index (χ4n) is 5.25. The van der Waals surface area contributed by atoms with Crippen molar-refractivity contribution in [1.29, 1.82) is 0 Å². The molecule has 0 amide bonds. The molecule has 0 aromatic heterocycles. The number of benzene rings is 1. The molecule has 4 nitrogen and oxygen atoms in total. The van der Waals surface area contributed by atoms with E-state index in [0.29, 0.717) is 25.6 Å². The van der Waals surface area contributed by atoms with E-state index in [-0.39, 0.29) is 17.4 Å². The van der Waals surface area contributed by atoms with Crippen LogP contribution in [0, 0.1) is 0 Å². The standard InChI is InChI=1S/C36H66O4/c1-8-9-10-11-12-13-14-15-16-17-18-19-20-21-22-23-24-39-28-31(37)29-40-27-30-25-32(35(2,3)4)34(38)33(26-30)36(5,6)7/h25-26,31,37-38H,8-24,27-29H2,1-7H3. The van der Waals surface area contributed by atoms with E-state index >= 15 is 0 Å². The van der Waals surface area contributed by atoms with Crippen LogP contribution in [0.3, 0.4) is 0 Å². The minimum absolute atomic E-state index is 0.167. The van der Waals surface area contributed by atoms with Gasteiger partial charge in [-0.25, -0.2) is 0 Å². The van der Waals surface area contributed by atoms with Gasteiger partial charge in [-0.3, -0.25) is 0 Å². The molecule has 0 heterocycles. The van der Waals surface area contributed by atoms with Gasteiger partial charge in [0.15, 0.2) is 0 Å². The molecule has 0 aliphatic rings. The Morgan fingerprint density at radius 2 is 0.975 bits per heavy atom. The van der Waals surface area contributed by atoms with Crippen LogP contribution in [0.4, 0.5) is 0 Å². The summed E-state index contributed by atoms with van der Waals surface area (Å²) in [5.74, 6) is 0.381. The van der Waals surface area contributed by atoms with Crippen molar-refractivity contribution in [3.05, 3.63) is 28.8 Å². The van der Waals surface area contributed by atoms with Gasteiger partial charge in [0.2, 0.25) is 0 Å². The first-order valence-electron chi connectivity index (χ1n) is 16.7. The Morgan fingerprint density at radius 1 is 0.600 bits per heavy atom. The predicted octanol–water partition coefficient (Wildman–Crippen LogP) is 10.1. The first-order chi connectivity index (χ1) is 19.0. The van der Waals surface area contributed by atoms with Crippen LogP contribution in [0.2, 0.25) is 0 Å². The highest BCUT2D eigenvalue weighted by Crippen LogP contribution is 2.39. The van der Waals surface area contributed by atoms with Crippen LogP contribution in [0.15, 0.2) is 12.1 Å². The van der Waals surface area contributed by atoms with Gasteiger partial charge < -0.3 is 19.7 Å². The molecule has 0 bridgehead atoms. The normalized spacial score (nSPS) is 13.2. The Bertz CT molecular complexity index is 724. The van der Waals surface area contributed by atoms with Gasteiger partial charge in [0.1, 0.15) is 11.9 Å². The lowest BCUT2D eigenvalue weighted by Gasteiger charge is -2.28. The molecule has 0 saturated heterocycles. The molecule has 4 heteroatoms. The summed E-state index contributed by atoms with van der Waals surface area (Å²) in [7, 11) is 0. The van der Waals surface area contributed by atoms with Crippen molar-refractivity contribution in [2.75, 3.05) is 19.8 Å². The molecule has 2 N–H and O–H groups in total. The number of aliphatic hydroxyl groups is 1. The molecule has 0 aliphatic heterocycles. The van der Waals surface area contributed by atoms with Crippen molar-refractivity contribution in [3.63, 3.8) is 0 Å². The van der Waals surface area contributed by atoms with Crippen LogP contribution in [0.25, 0.3) is 0 Å². The number of hydrogen-bond donors (Lipinski definition) is 2. The Kier molecular flexibility index (Phi) is 19.1. The quantitative estimate of drug-likeness (QED) is 0.130. The van der Waals surface area contributed by atoms with E-state index in [1.54, 1.807) is 0 Å². The Hall–Kier alpha value is -1.10. The molecule has 1 rings (SSSR count). The lowest BCUT2D eigenvalue weighted by molar-refractivity contribution is -0.0240. The molecule has 1 atom stereocenters. The van der Waals surface area contributed by atoms with Gasteiger partial charge in [-0.05, 0) is 46.1 Å². The molecule has 0 saturated carbocycles. The number of aromatic hydroxyl groups is 1. The monoisotopic (exact) mass is 562 g/mol. The number of hydrogen-bond acceptors (Lipinski definition) is 4. The smallest absolute Gasteiger partial charge is 0.123 e. The average molecular weight is 563 g/mol. The number of phenolic OH excluding ortho intramolecular Hbond substituents is 1. The van der Waals surface area contributed by atoms with Crippen LogP contribution in [-0.2, 0) is 26.9 Å². The number of phenols is 1. The molecule has 40 heavy (non-hydrogen) atoms. The van der Waals surface area contributed by atoms with E-state index in [1.807, 2.05) is 12.1 Å². The third kappa shape index (κ3) is 17.0. The molecule has 1 unspecified atom stereocenters. The maximum atomic E-state index is 10.9. The zero-order valence-corrected chi connectivity index (χ0v) is 27.6. The van der Waals surface area contributed by atoms with Crippen LogP contribution < -0.4 is 0 Å². The molecule has 0 spiro atoms. The number of ether oxygens (including phenoxy) is 2. The lowest BCUT2D eigenvalue weighted by Crippen LogP contribution is -2.22. The molecule has 1 aromatic rings. The number of aliphatic hydroxyl groups excluding tert-OH is 1. The average Bonchev–Trinajstić information content (AvgIpc) is 2.87. The van der Waals surface area contributed by atoms with Gasteiger partial charge in [0.25, 0.3) is 0 Å². The summed E-state index contributed by atoms with van der Waals surface area (Å²) in [6.07, 6.45) is 21.2. The van der Waals surface area contributed by atoms with Crippen molar-refractivity contribution in [2.24, 2.45) is 0 Å². The first-order valence-corrected chi connectivity index (χ1v) is 16.7. The van der Waals surface area contributed by atoms with Crippen molar-refractivity contribution < 1.29 is 19.7 Å². The number of unbranched alkanes of at least 4 members (excludes halogenated alkanes) is 15. The van der Waals surface area contributed by atoms with Gasteiger partial charge in [0.05, 0.1) is 19.8 Å². The Morgan fingerprint density at radius 3 is 1.38 bits per heavy atom. The zero-order chi connectivity index (χ0) is 29.9. The third-order valence-corrected chi connectivity index (χ3v) is 7.82. The molecule has 234 valence electrons. The maximum Gasteiger partial charge on any atom is 0.123 e. The Labute approximate surface area is 248 Å². The summed E-state index contributed by atoms with van der Waals surface area (Å²) < 4.78 is 11.5. The minimum atomic E-state index is -0.623. The van der Waals surface area contributed by atoms with Crippen molar-refractivity contribution >= 4 is 0 Å². The number of rotatable bonds is 23. The summed E-state index contributed by atoms with van der Waals surface area (Å²) in [6, 6.07) is 4.06. The van der Waals surface area contributed by atoms with Crippen molar-refractivity contribution in [2.45, 2.75) is 175 Å². The van der Waals surface area contributed by atoms with Crippen molar-refractivity contribution in [3.8, 4) is 5.75 Å². The summed E-state index contributed by atoms with van der Waals surface area (Å²) >= 11 is 0. The molecular formula is C36H66O4. The Balaban J connectivity index is 2.07. The van der Waals surface area contributed by atoms with E-state index in [2.05, 4.69) is 48.5 Å². The molecule has 0 fully saturated rings. The SMILES string of the molecule is CCCCCCCCCCCCCCCCCCOCC(O)COCc1cc(C(C)(C)C)c(O)c(C(C)(C)C)c1. The minimum Gasteiger partial charge on any atom is -0.507 e. The second-order valence-corrected chi connectivity index (χ2v) is 14.1. The van der Waals surface area contributed by atoms with E-state index in [9.17, 15) is 10.2 Å². The predicted molar refractivity (Wildman–Crippen MR) is 172 cm³/mol. The van der Waals surface area contributed by atoms with Gasteiger partial charge in [-0.15, -0.1) is 0 Å². The second kappa shape index (κ2) is 20.7. The fourth-order valence-corrected chi connectivity index (χ4v) is 5.25. The topological polar surface area (TPSA) is 58.9 Å². The summed E-state index contributed by atoms with van der Waals surface area (Å²) in [5.41, 5.74) is 2.55. The lowest BCUT2D eigenvalue weighted by atomic mass is 9.78. The van der Waals surface area contributed by atoms with Gasteiger partial charge in [0, 0.05) is 6.61 Å². The summed E-state index contributed by atoms with van der Waals surface area (Å²) in [4.78, 5) is 0. The highest BCUT2D eigenvalue weighted by atomic mass is 16.5. The van der Waals surface area contributed by atoms with E-state index in [1.165, 1.54) is 96.3 Å². The first kappa shape index (κ1) is 36.9. The van der Waals surface area contributed by atoms with Crippen LogP contribution in [0.5, 0.6) is 5.75 Å².